The molecular formula is C14H22N4S. The number of hydrogen-bond acceptors (Lipinski definition) is 4. The lowest BCUT2D eigenvalue weighted by Gasteiger charge is -2.31. The van der Waals surface area contributed by atoms with E-state index in [-0.39, 0.29) is 0 Å². The van der Waals surface area contributed by atoms with Crippen LogP contribution in [0.5, 0.6) is 0 Å². The van der Waals surface area contributed by atoms with Crippen molar-refractivity contribution in [3.63, 3.8) is 0 Å². The molecule has 0 saturated carbocycles. The van der Waals surface area contributed by atoms with Crippen molar-refractivity contribution in [3.05, 3.63) is 17.3 Å². The first-order chi connectivity index (χ1) is 9.29. The molecule has 1 aliphatic heterocycles. The van der Waals surface area contributed by atoms with E-state index in [9.17, 15) is 0 Å². The summed E-state index contributed by atoms with van der Waals surface area (Å²) in [6.07, 6.45) is 4.77. The Balaban J connectivity index is 1.94. The van der Waals surface area contributed by atoms with Crippen molar-refractivity contribution in [2.24, 2.45) is 5.92 Å². The van der Waals surface area contributed by atoms with Crippen molar-refractivity contribution in [2.45, 2.75) is 33.2 Å². The molecule has 1 atom stereocenters. The molecule has 1 fully saturated rings. The Morgan fingerprint density at radius 2 is 2.42 bits per heavy atom. The smallest absolute Gasteiger partial charge is 0.195 e. The van der Waals surface area contributed by atoms with E-state index in [2.05, 4.69) is 40.0 Å². The van der Waals surface area contributed by atoms with E-state index in [0.717, 1.165) is 37.1 Å². The van der Waals surface area contributed by atoms with Crippen molar-refractivity contribution in [3.8, 4) is 0 Å². The van der Waals surface area contributed by atoms with E-state index in [1.165, 1.54) is 24.4 Å². The summed E-state index contributed by atoms with van der Waals surface area (Å²) in [6.45, 7) is 8.67. The third kappa shape index (κ3) is 2.49. The van der Waals surface area contributed by atoms with Crippen LogP contribution in [0, 0.1) is 5.92 Å². The quantitative estimate of drug-likeness (QED) is 0.933. The number of fused-ring (bicyclic) bond motifs is 1. The van der Waals surface area contributed by atoms with Gasteiger partial charge in [0, 0.05) is 31.2 Å². The molecule has 3 heterocycles. The Bertz CT molecular complexity index is 545. The molecule has 0 radical (unpaired) electrons. The third-order valence-electron chi connectivity index (χ3n) is 3.84. The number of imidazole rings is 1. The molecule has 4 nitrogen and oxygen atoms in total. The number of aromatic nitrogens is 2. The average molecular weight is 278 g/mol. The Hall–Kier alpha value is -1.07. The van der Waals surface area contributed by atoms with Gasteiger partial charge in [-0.3, -0.25) is 4.40 Å². The largest absolute Gasteiger partial charge is 0.355 e. The zero-order chi connectivity index (χ0) is 13.2. The summed E-state index contributed by atoms with van der Waals surface area (Å²) < 4.78 is 2.24. The summed E-state index contributed by atoms with van der Waals surface area (Å²) in [5, 5.41) is 5.55. The minimum atomic E-state index is 0.778. The van der Waals surface area contributed by atoms with Gasteiger partial charge in [-0.15, -0.1) is 11.3 Å². The molecule has 19 heavy (non-hydrogen) atoms. The second-order valence-corrected chi connectivity index (χ2v) is 6.28. The van der Waals surface area contributed by atoms with E-state index in [1.807, 2.05) is 0 Å². The molecular weight excluding hydrogens is 256 g/mol. The molecule has 5 heteroatoms. The zero-order valence-electron chi connectivity index (χ0n) is 11.7. The fourth-order valence-corrected chi connectivity index (χ4v) is 3.59. The van der Waals surface area contributed by atoms with E-state index in [4.69, 9.17) is 4.98 Å². The molecule has 1 unspecified atom stereocenters. The number of nitrogens with zero attached hydrogens (tertiary/aromatic N) is 3. The number of nitrogens with one attached hydrogen (secondary N) is 1. The first-order valence-corrected chi connectivity index (χ1v) is 8.07. The van der Waals surface area contributed by atoms with Gasteiger partial charge in [0.25, 0.3) is 0 Å². The van der Waals surface area contributed by atoms with Crippen LogP contribution in [0.3, 0.4) is 0 Å². The molecule has 1 N–H and O–H groups in total. The number of piperidine rings is 1. The molecule has 3 rings (SSSR count). The highest BCUT2D eigenvalue weighted by molar-refractivity contribution is 7.15. The monoisotopic (exact) mass is 278 g/mol. The summed E-state index contributed by atoms with van der Waals surface area (Å²) in [6, 6.07) is 0. The van der Waals surface area contributed by atoms with E-state index in [0.29, 0.717) is 0 Å². The summed E-state index contributed by atoms with van der Waals surface area (Å²) in [7, 11) is 0. The molecule has 1 aliphatic rings. The van der Waals surface area contributed by atoms with Crippen LogP contribution in [-0.2, 0) is 6.54 Å². The van der Waals surface area contributed by atoms with Crippen LogP contribution in [0.4, 0.5) is 5.82 Å². The Morgan fingerprint density at radius 1 is 1.53 bits per heavy atom. The molecule has 0 aromatic carbocycles. The van der Waals surface area contributed by atoms with Gasteiger partial charge in [-0.1, -0.05) is 13.8 Å². The maximum atomic E-state index is 4.85. The lowest BCUT2D eigenvalue weighted by Crippen LogP contribution is -2.35. The molecule has 0 spiro atoms. The summed E-state index contributed by atoms with van der Waals surface area (Å²) in [4.78, 5) is 8.44. The Labute approximate surface area is 118 Å². The van der Waals surface area contributed by atoms with Gasteiger partial charge in [-0.25, -0.2) is 4.98 Å². The van der Waals surface area contributed by atoms with Crippen LogP contribution in [0.2, 0.25) is 0 Å². The highest BCUT2D eigenvalue weighted by atomic mass is 32.1. The molecule has 2 aromatic rings. The fourth-order valence-electron chi connectivity index (χ4n) is 2.86. The van der Waals surface area contributed by atoms with E-state index in [1.54, 1.807) is 11.3 Å². The SMILES string of the molecule is CCNCc1c(N2CCCC(C)C2)nc2sccn12. The van der Waals surface area contributed by atoms with E-state index >= 15 is 0 Å². The Kier molecular flexibility index (Phi) is 3.75. The van der Waals surface area contributed by atoms with Gasteiger partial charge in [-0.05, 0) is 25.3 Å². The molecule has 0 amide bonds. The maximum absolute atomic E-state index is 4.85. The highest BCUT2D eigenvalue weighted by Gasteiger charge is 2.23. The maximum Gasteiger partial charge on any atom is 0.195 e. The fraction of sp³-hybridized carbons (Fsp3) is 0.643. The first-order valence-electron chi connectivity index (χ1n) is 7.19. The second-order valence-electron chi connectivity index (χ2n) is 5.41. The van der Waals surface area contributed by atoms with Crippen LogP contribution >= 0.6 is 11.3 Å². The topological polar surface area (TPSA) is 32.6 Å². The van der Waals surface area contributed by atoms with Gasteiger partial charge >= 0.3 is 0 Å². The summed E-state index contributed by atoms with van der Waals surface area (Å²) >= 11 is 1.72. The second kappa shape index (κ2) is 5.51. The van der Waals surface area contributed by atoms with Crippen molar-refractivity contribution in [2.75, 3.05) is 24.5 Å². The summed E-state index contributed by atoms with van der Waals surface area (Å²) in [5.41, 5.74) is 1.31. The lowest BCUT2D eigenvalue weighted by atomic mass is 10.0. The normalized spacial score (nSPS) is 20.3. The van der Waals surface area contributed by atoms with Gasteiger partial charge < -0.3 is 10.2 Å². The molecule has 0 bridgehead atoms. The highest BCUT2D eigenvalue weighted by Crippen LogP contribution is 2.28. The van der Waals surface area contributed by atoms with Crippen LogP contribution < -0.4 is 10.2 Å². The van der Waals surface area contributed by atoms with E-state index < -0.39 is 0 Å². The first kappa shape index (κ1) is 12.9. The number of hydrogen-bond donors (Lipinski definition) is 1. The predicted octanol–water partition coefficient (Wildman–Crippen LogP) is 2.74. The predicted molar refractivity (Wildman–Crippen MR) is 81.1 cm³/mol. The van der Waals surface area contributed by atoms with Gasteiger partial charge in [0.1, 0.15) is 0 Å². The Morgan fingerprint density at radius 3 is 3.21 bits per heavy atom. The minimum absolute atomic E-state index is 0.778. The van der Waals surface area contributed by atoms with Gasteiger partial charge in [-0.2, -0.15) is 0 Å². The summed E-state index contributed by atoms with van der Waals surface area (Å²) in [5.74, 6) is 1.97. The lowest BCUT2D eigenvalue weighted by molar-refractivity contribution is 0.444. The van der Waals surface area contributed by atoms with Crippen LogP contribution in [-0.4, -0.2) is 29.0 Å². The standard InChI is InChI=1S/C14H22N4S/c1-3-15-9-12-13(16-14-18(12)7-8-19-14)17-6-4-5-11(2)10-17/h7-8,11,15H,3-6,9-10H2,1-2H3. The minimum Gasteiger partial charge on any atom is -0.355 e. The zero-order valence-corrected chi connectivity index (χ0v) is 12.5. The van der Waals surface area contributed by atoms with Gasteiger partial charge in [0.05, 0.1) is 5.69 Å². The van der Waals surface area contributed by atoms with Crippen LogP contribution in [0.1, 0.15) is 32.4 Å². The molecule has 2 aromatic heterocycles. The molecule has 104 valence electrons. The number of rotatable bonds is 4. The molecule has 0 aliphatic carbocycles. The number of anilines is 1. The van der Waals surface area contributed by atoms with Crippen molar-refractivity contribution < 1.29 is 0 Å². The van der Waals surface area contributed by atoms with Crippen molar-refractivity contribution >= 4 is 22.1 Å². The van der Waals surface area contributed by atoms with Crippen LogP contribution in [0.25, 0.3) is 4.96 Å². The van der Waals surface area contributed by atoms with Crippen LogP contribution in [0.15, 0.2) is 11.6 Å². The molecule has 1 saturated heterocycles. The van der Waals surface area contributed by atoms with Gasteiger partial charge in [0.15, 0.2) is 10.8 Å². The third-order valence-corrected chi connectivity index (χ3v) is 4.60. The number of thiazole rings is 1. The van der Waals surface area contributed by atoms with Crippen molar-refractivity contribution in [1.82, 2.24) is 14.7 Å². The van der Waals surface area contributed by atoms with Crippen molar-refractivity contribution in [1.29, 1.82) is 0 Å². The van der Waals surface area contributed by atoms with Gasteiger partial charge in [0.2, 0.25) is 0 Å². The average Bonchev–Trinajstić information content (AvgIpc) is 2.97.